The van der Waals surface area contributed by atoms with Crippen LogP contribution >= 0.6 is 23.2 Å². The minimum atomic E-state index is -4.18. The van der Waals surface area contributed by atoms with E-state index in [2.05, 4.69) is 0 Å². The van der Waals surface area contributed by atoms with Crippen molar-refractivity contribution < 1.29 is 17.4 Å². The van der Waals surface area contributed by atoms with E-state index in [9.17, 15) is 13.2 Å². The molecule has 0 aromatic heterocycles. The van der Waals surface area contributed by atoms with Gasteiger partial charge in [0, 0.05) is 15.6 Å². The highest BCUT2D eigenvalue weighted by Crippen LogP contribution is 2.29. The standard InChI is InChI=1S/C21H16Cl2O4S/c1-14-2-12-19(13-3-14)28(25,26)27-21(16-6-10-18(23)11-7-16)20(24)15-4-8-17(22)9-5-15/h2-13,21H,1H3. The maximum atomic E-state index is 13.0. The van der Waals surface area contributed by atoms with E-state index in [0.717, 1.165) is 5.56 Å². The van der Waals surface area contributed by atoms with E-state index >= 15 is 0 Å². The van der Waals surface area contributed by atoms with Crippen LogP contribution in [0.5, 0.6) is 0 Å². The van der Waals surface area contributed by atoms with E-state index in [1.807, 2.05) is 6.92 Å². The summed E-state index contributed by atoms with van der Waals surface area (Å²) in [6.07, 6.45) is -1.36. The lowest BCUT2D eigenvalue weighted by molar-refractivity contribution is 0.0801. The number of aryl methyl sites for hydroxylation is 1. The van der Waals surface area contributed by atoms with Gasteiger partial charge in [-0.25, -0.2) is 4.18 Å². The van der Waals surface area contributed by atoms with Crippen LogP contribution in [0.4, 0.5) is 0 Å². The Morgan fingerprint density at radius 2 is 1.32 bits per heavy atom. The minimum Gasteiger partial charge on any atom is -0.291 e. The third-order valence-corrected chi connectivity index (χ3v) is 5.87. The summed E-state index contributed by atoms with van der Waals surface area (Å²) in [5.74, 6) is -0.505. The molecule has 0 N–H and O–H groups in total. The van der Waals surface area contributed by atoms with Crippen molar-refractivity contribution in [1.82, 2.24) is 0 Å². The van der Waals surface area contributed by atoms with Gasteiger partial charge in [-0.3, -0.25) is 4.79 Å². The van der Waals surface area contributed by atoms with Crippen LogP contribution in [-0.4, -0.2) is 14.2 Å². The molecule has 7 heteroatoms. The first-order valence-corrected chi connectivity index (χ1v) is 10.5. The predicted octanol–water partition coefficient (Wildman–Crippen LogP) is 5.63. The van der Waals surface area contributed by atoms with Crippen molar-refractivity contribution in [2.24, 2.45) is 0 Å². The molecule has 0 heterocycles. The van der Waals surface area contributed by atoms with Gasteiger partial charge in [0.2, 0.25) is 0 Å². The van der Waals surface area contributed by atoms with Gasteiger partial charge in [0.1, 0.15) is 0 Å². The first kappa shape index (κ1) is 20.6. The van der Waals surface area contributed by atoms with Gasteiger partial charge in [-0.1, -0.05) is 53.0 Å². The number of carbonyl (C=O) groups excluding carboxylic acids is 1. The molecule has 0 radical (unpaired) electrons. The molecule has 0 aliphatic carbocycles. The van der Waals surface area contributed by atoms with Crippen LogP contribution < -0.4 is 0 Å². The largest absolute Gasteiger partial charge is 0.298 e. The van der Waals surface area contributed by atoms with Gasteiger partial charge in [-0.05, 0) is 61.0 Å². The molecule has 0 aliphatic heterocycles. The Kier molecular flexibility index (Phi) is 6.20. The molecule has 0 bridgehead atoms. The fourth-order valence-electron chi connectivity index (χ4n) is 2.54. The summed E-state index contributed by atoms with van der Waals surface area (Å²) in [5.41, 5.74) is 1.56. The quantitative estimate of drug-likeness (QED) is 0.372. The van der Waals surface area contributed by atoms with E-state index in [-0.39, 0.29) is 10.5 Å². The van der Waals surface area contributed by atoms with Crippen molar-refractivity contribution >= 4 is 39.1 Å². The zero-order valence-electron chi connectivity index (χ0n) is 14.8. The summed E-state index contributed by atoms with van der Waals surface area (Å²) in [6.45, 7) is 1.85. The van der Waals surface area contributed by atoms with Gasteiger partial charge in [-0.15, -0.1) is 0 Å². The fourth-order valence-corrected chi connectivity index (χ4v) is 3.83. The topological polar surface area (TPSA) is 60.4 Å². The summed E-state index contributed by atoms with van der Waals surface area (Å²) in [4.78, 5) is 13.0. The molecule has 144 valence electrons. The molecule has 3 aromatic carbocycles. The SMILES string of the molecule is Cc1ccc(S(=O)(=O)OC(C(=O)c2ccc(Cl)cc2)c2ccc(Cl)cc2)cc1. The van der Waals surface area contributed by atoms with E-state index in [1.54, 1.807) is 48.5 Å². The lowest BCUT2D eigenvalue weighted by Gasteiger charge is -2.17. The summed E-state index contributed by atoms with van der Waals surface area (Å²) >= 11 is 11.8. The Morgan fingerprint density at radius 1 is 0.821 bits per heavy atom. The molecular formula is C21H16Cl2O4S. The summed E-state index contributed by atoms with van der Waals surface area (Å²) < 4.78 is 30.9. The summed E-state index contributed by atoms with van der Waals surface area (Å²) in [7, 11) is -4.18. The number of Topliss-reactive ketones (excluding diaryl/α,β-unsaturated/α-hetero) is 1. The lowest BCUT2D eigenvalue weighted by atomic mass is 10.0. The molecule has 1 atom stereocenters. The van der Waals surface area contributed by atoms with Crippen molar-refractivity contribution in [3.05, 3.63) is 99.5 Å². The molecule has 0 spiro atoms. The van der Waals surface area contributed by atoms with E-state index in [0.29, 0.717) is 15.6 Å². The van der Waals surface area contributed by atoms with Crippen LogP contribution in [0.1, 0.15) is 27.6 Å². The number of halogens is 2. The Morgan fingerprint density at radius 3 is 1.86 bits per heavy atom. The van der Waals surface area contributed by atoms with Gasteiger partial charge in [0.05, 0.1) is 4.90 Å². The third kappa shape index (κ3) is 4.80. The first-order valence-electron chi connectivity index (χ1n) is 8.31. The van der Waals surface area contributed by atoms with Crippen molar-refractivity contribution in [2.75, 3.05) is 0 Å². The smallest absolute Gasteiger partial charge is 0.291 e. The maximum Gasteiger partial charge on any atom is 0.298 e. The molecule has 0 amide bonds. The van der Waals surface area contributed by atoms with Gasteiger partial charge in [-0.2, -0.15) is 8.42 Å². The predicted molar refractivity (Wildman–Crippen MR) is 109 cm³/mol. The second kappa shape index (κ2) is 8.45. The van der Waals surface area contributed by atoms with E-state index in [1.165, 1.54) is 24.3 Å². The van der Waals surface area contributed by atoms with Crippen molar-refractivity contribution in [3.8, 4) is 0 Å². The molecule has 4 nitrogen and oxygen atoms in total. The van der Waals surface area contributed by atoms with E-state index < -0.39 is 22.0 Å². The Labute approximate surface area is 173 Å². The Balaban J connectivity index is 2.00. The molecular weight excluding hydrogens is 419 g/mol. The zero-order valence-corrected chi connectivity index (χ0v) is 17.1. The minimum absolute atomic E-state index is 0.0269. The second-order valence-electron chi connectivity index (χ2n) is 6.17. The molecule has 28 heavy (non-hydrogen) atoms. The van der Waals surface area contributed by atoms with Crippen molar-refractivity contribution in [2.45, 2.75) is 17.9 Å². The number of benzene rings is 3. The van der Waals surface area contributed by atoms with Crippen LogP contribution in [-0.2, 0) is 14.3 Å². The molecule has 0 aliphatic rings. The third-order valence-electron chi connectivity index (χ3n) is 4.07. The molecule has 3 aromatic rings. The Hall–Kier alpha value is -2.18. The monoisotopic (exact) mass is 434 g/mol. The van der Waals surface area contributed by atoms with Crippen LogP contribution in [0.25, 0.3) is 0 Å². The highest BCUT2D eigenvalue weighted by Gasteiger charge is 2.30. The van der Waals surface area contributed by atoms with Gasteiger partial charge in [0.25, 0.3) is 10.1 Å². The zero-order chi connectivity index (χ0) is 20.3. The van der Waals surface area contributed by atoms with E-state index in [4.69, 9.17) is 27.4 Å². The molecule has 0 saturated carbocycles. The van der Waals surface area contributed by atoms with Crippen LogP contribution in [0, 0.1) is 6.92 Å². The number of carbonyl (C=O) groups is 1. The number of ketones is 1. The number of hydrogen-bond donors (Lipinski definition) is 0. The fraction of sp³-hybridized carbons (Fsp3) is 0.0952. The van der Waals surface area contributed by atoms with Gasteiger partial charge >= 0.3 is 0 Å². The molecule has 0 fully saturated rings. The maximum absolute atomic E-state index is 13.0. The normalized spacial score (nSPS) is 12.5. The van der Waals surface area contributed by atoms with Crippen molar-refractivity contribution in [3.63, 3.8) is 0 Å². The second-order valence-corrected chi connectivity index (χ2v) is 8.61. The van der Waals surface area contributed by atoms with Crippen LogP contribution in [0.15, 0.2) is 77.7 Å². The number of hydrogen-bond acceptors (Lipinski definition) is 4. The Bertz CT molecular complexity index is 1070. The highest BCUT2D eigenvalue weighted by molar-refractivity contribution is 7.86. The van der Waals surface area contributed by atoms with Crippen molar-refractivity contribution in [1.29, 1.82) is 0 Å². The molecule has 3 rings (SSSR count). The van der Waals surface area contributed by atoms with Crippen LogP contribution in [0.3, 0.4) is 0 Å². The first-order chi connectivity index (χ1) is 13.3. The lowest BCUT2D eigenvalue weighted by Crippen LogP contribution is -2.20. The van der Waals surface area contributed by atoms with Gasteiger partial charge in [0.15, 0.2) is 11.9 Å². The van der Waals surface area contributed by atoms with Crippen LogP contribution in [0.2, 0.25) is 10.0 Å². The number of rotatable bonds is 6. The average molecular weight is 435 g/mol. The summed E-state index contributed by atoms with van der Waals surface area (Å²) in [6, 6.07) is 18.6. The summed E-state index contributed by atoms with van der Waals surface area (Å²) in [5, 5.41) is 0.927. The highest BCUT2D eigenvalue weighted by atomic mass is 35.5. The molecule has 1 unspecified atom stereocenters. The van der Waals surface area contributed by atoms with Gasteiger partial charge < -0.3 is 0 Å². The average Bonchev–Trinajstić information content (AvgIpc) is 2.67. The molecule has 0 saturated heterocycles.